The van der Waals surface area contributed by atoms with Gasteiger partial charge in [-0.3, -0.25) is 23.4 Å². The van der Waals surface area contributed by atoms with Gasteiger partial charge >= 0.3 is 0 Å². The van der Waals surface area contributed by atoms with Gasteiger partial charge in [0.15, 0.2) is 0 Å². The molecule has 1 amide bonds. The number of non-ortho nitro benzene ring substituents is 1. The van der Waals surface area contributed by atoms with E-state index in [-0.39, 0.29) is 34.1 Å². The van der Waals surface area contributed by atoms with Crippen LogP contribution in [0, 0.1) is 21.7 Å². The lowest BCUT2D eigenvalue weighted by Gasteiger charge is -2.29. The third-order valence-electron chi connectivity index (χ3n) is 6.43. The molecule has 1 aliphatic carbocycles. The third kappa shape index (κ3) is 4.75. The summed E-state index contributed by atoms with van der Waals surface area (Å²) in [6.07, 6.45) is 1.59. The second-order valence-electron chi connectivity index (χ2n) is 8.86. The maximum absolute atomic E-state index is 14.7. The largest absolute Gasteiger partial charge is 0.755 e. The Bertz CT molecular complexity index is 1600. The van der Waals surface area contributed by atoms with Crippen molar-refractivity contribution in [1.29, 1.82) is 0 Å². The van der Waals surface area contributed by atoms with Gasteiger partial charge in [-0.15, -0.1) is 0 Å². The fourth-order valence-electron chi connectivity index (χ4n) is 4.39. The number of rotatable bonds is 8. The van der Waals surface area contributed by atoms with E-state index in [1.165, 1.54) is 43.4 Å². The Labute approximate surface area is 217 Å². The van der Waals surface area contributed by atoms with Gasteiger partial charge in [0.1, 0.15) is 23.0 Å². The molecule has 9 nitrogen and oxygen atoms in total. The molecule has 5 rings (SSSR count). The van der Waals surface area contributed by atoms with Gasteiger partial charge in [0, 0.05) is 47.0 Å². The minimum Gasteiger partial charge on any atom is -0.755 e. The van der Waals surface area contributed by atoms with Gasteiger partial charge in [-0.1, -0.05) is 0 Å². The molecule has 0 aliphatic heterocycles. The molecule has 0 saturated heterocycles. The normalized spacial score (nSPS) is 13.9. The van der Waals surface area contributed by atoms with E-state index in [2.05, 4.69) is 5.32 Å². The van der Waals surface area contributed by atoms with Gasteiger partial charge in [0.05, 0.1) is 28.8 Å². The van der Waals surface area contributed by atoms with E-state index in [0.29, 0.717) is 16.5 Å². The molecule has 4 aromatic rings. The molecular weight excluding hydrogens is 520 g/mol. The van der Waals surface area contributed by atoms with E-state index in [1.54, 1.807) is 6.07 Å². The van der Waals surface area contributed by atoms with Gasteiger partial charge in [0.2, 0.25) is 0 Å². The average molecular weight is 541 g/mol. The van der Waals surface area contributed by atoms with Gasteiger partial charge in [-0.05, 0) is 60.7 Å². The fraction of sp³-hybridized carbons (Fsp3) is 0.192. The molecule has 1 aliphatic rings. The summed E-state index contributed by atoms with van der Waals surface area (Å²) in [5.74, 6) is -1.60. The summed E-state index contributed by atoms with van der Waals surface area (Å²) in [6.45, 7) is -0.418. The maximum atomic E-state index is 14.7. The van der Waals surface area contributed by atoms with Crippen LogP contribution in [0.15, 0.2) is 59.0 Å². The van der Waals surface area contributed by atoms with Crippen LogP contribution in [0.5, 0.6) is 0 Å². The van der Waals surface area contributed by atoms with E-state index >= 15 is 0 Å². The second-order valence-corrected chi connectivity index (χ2v) is 9.74. The zero-order valence-corrected chi connectivity index (χ0v) is 20.7. The molecule has 196 valence electrons. The molecule has 1 N–H and O–H groups in total. The predicted octanol–water partition coefficient (Wildman–Crippen LogP) is 5.32. The summed E-state index contributed by atoms with van der Waals surface area (Å²) >= 11 is -2.85. The Morgan fingerprint density at radius 1 is 1.16 bits per heavy atom. The minimum atomic E-state index is -2.85. The number of hydrogen-bond acceptors (Lipinski definition) is 6. The van der Waals surface area contributed by atoms with Gasteiger partial charge in [-0.25, -0.2) is 8.78 Å². The number of anilines is 1. The molecular formula is C26H20F2N3O6S-. The van der Waals surface area contributed by atoms with E-state index in [1.807, 2.05) is 0 Å². The number of benzene rings is 3. The zero-order valence-electron chi connectivity index (χ0n) is 19.9. The molecule has 1 saturated carbocycles. The lowest BCUT2D eigenvalue weighted by molar-refractivity contribution is -0.385. The Hall–Kier alpha value is -4.16. The smallest absolute Gasteiger partial charge is 0.272 e. The number of nitro benzene ring substituents is 1. The summed E-state index contributed by atoms with van der Waals surface area (Å²) in [7, 11) is 1.47. The first-order chi connectivity index (χ1) is 18.2. The van der Waals surface area contributed by atoms with Crippen molar-refractivity contribution < 1.29 is 31.7 Å². The highest BCUT2D eigenvalue weighted by Crippen LogP contribution is 2.48. The number of carbonyl (C=O) groups is 1. The standard InChI is InChI=1S/C26H21F2N3O6S/c1-29-26(32)24-20-11-19(14-2-3-14)22(12-23(20)37-25(24)15-4-7-17(27)8-5-15)30(38(35)36)13-16-6-9-18(31(33)34)10-21(16)28/h4-12,14H,2-3,13H2,1H3,(H,29,32)(H,35,36)/p-1. The number of hydrogen-bond donors (Lipinski definition) is 1. The summed E-state index contributed by atoms with van der Waals surface area (Å²) in [4.78, 5) is 23.1. The molecule has 1 fully saturated rings. The van der Waals surface area contributed by atoms with Crippen molar-refractivity contribution in [3.63, 3.8) is 0 Å². The number of amides is 1. The molecule has 3 aromatic carbocycles. The van der Waals surface area contributed by atoms with Crippen LogP contribution < -0.4 is 9.62 Å². The molecule has 1 atom stereocenters. The molecule has 1 heterocycles. The van der Waals surface area contributed by atoms with Crippen LogP contribution in [0.25, 0.3) is 22.3 Å². The zero-order chi connectivity index (χ0) is 27.1. The van der Waals surface area contributed by atoms with E-state index < -0.39 is 46.0 Å². The van der Waals surface area contributed by atoms with E-state index in [4.69, 9.17) is 4.42 Å². The van der Waals surface area contributed by atoms with Crippen LogP contribution in [0.4, 0.5) is 20.2 Å². The van der Waals surface area contributed by atoms with Crippen LogP contribution >= 0.6 is 0 Å². The Kier molecular flexibility index (Phi) is 6.67. The summed E-state index contributed by atoms with van der Waals surface area (Å²) < 4.78 is 59.9. The van der Waals surface area contributed by atoms with Crippen LogP contribution in [0.1, 0.15) is 40.2 Å². The molecule has 0 radical (unpaired) electrons. The summed E-state index contributed by atoms with van der Waals surface area (Å²) in [5, 5.41) is 14.0. The number of nitrogens with one attached hydrogen (secondary N) is 1. The first kappa shape index (κ1) is 25.5. The third-order valence-corrected chi connectivity index (χ3v) is 7.11. The average Bonchev–Trinajstić information content (AvgIpc) is 3.67. The first-order valence-electron chi connectivity index (χ1n) is 11.6. The van der Waals surface area contributed by atoms with Crippen LogP contribution in [-0.2, 0) is 17.8 Å². The van der Waals surface area contributed by atoms with Gasteiger partial charge in [0.25, 0.3) is 11.6 Å². The fourth-order valence-corrected chi connectivity index (χ4v) is 4.96. The van der Waals surface area contributed by atoms with Crippen molar-refractivity contribution in [3.8, 4) is 11.3 Å². The first-order valence-corrected chi connectivity index (χ1v) is 12.6. The van der Waals surface area contributed by atoms with Gasteiger partial charge in [-0.2, -0.15) is 0 Å². The maximum Gasteiger partial charge on any atom is 0.272 e. The predicted molar refractivity (Wildman–Crippen MR) is 135 cm³/mol. The lowest BCUT2D eigenvalue weighted by Crippen LogP contribution is -2.26. The summed E-state index contributed by atoms with van der Waals surface area (Å²) in [6, 6.07) is 11.6. The molecule has 1 aromatic heterocycles. The molecule has 0 bridgehead atoms. The highest BCUT2D eigenvalue weighted by Gasteiger charge is 2.32. The number of halogens is 2. The van der Waals surface area contributed by atoms with E-state index in [9.17, 15) is 32.5 Å². The number of fused-ring (bicyclic) bond motifs is 1. The lowest BCUT2D eigenvalue weighted by atomic mass is 10.00. The Morgan fingerprint density at radius 3 is 2.45 bits per heavy atom. The van der Waals surface area contributed by atoms with Crippen molar-refractivity contribution in [2.45, 2.75) is 25.3 Å². The topological polar surface area (TPSA) is 129 Å². The van der Waals surface area contributed by atoms with Crippen molar-refractivity contribution in [3.05, 3.63) is 93.0 Å². The van der Waals surface area contributed by atoms with Crippen molar-refractivity contribution in [2.75, 3.05) is 11.4 Å². The van der Waals surface area contributed by atoms with Gasteiger partial charge < -0.3 is 14.3 Å². The van der Waals surface area contributed by atoms with E-state index in [0.717, 1.165) is 29.3 Å². The highest BCUT2D eigenvalue weighted by molar-refractivity contribution is 7.80. The number of carbonyl (C=O) groups excluding carboxylic acids is 1. The molecule has 12 heteroatoms. The van der Waals surface area contributed by atoms with Crippen LogP contribution in [-0.4, -0.2) is 26.6 Å². The minimum absolute atomic E-state index is 0.0175. The quantitative estimate of drug-likeness (QED) is 0.183. The Balaban J connectivity index is 1.66. The summed E-state index contributed by atoms with van der Waals surface area (Å²) in [5.41, 5.74) is 1.26. The Morgan fingerprint density at radius 2 is 1.87 bits per heavy atom. The van der Waals surface area contributed by atoms with Crippen molar-refractivity contribution in [1.82, 2.24) is 5.32 Å². The number of furan rings is 1. The number of nitro groups is 1. The molecule has 0 spiro atoms. The van der Waals surface area contributed by atoms with Crippen molar-refractivity contribution in [2.24, 2.45) is 0 Å². The van der Waals surface area contributed by atoms with Crippen molar-refractivity contribution >= 4 is 39.5 Å². The SMILES string of the molecule is CNC(=O)c1c(-c2ccc(F)cc2)oc2cc(N(Cc3ccc([N+](=O)[O-])cc3F)S(=O)[O-])c(C3CC3)cc12. The molecule has 38 heavy (non-hydrogen) atoms. The highest BCUT2D eigenvalue weighted by atomic mass is 32.2. The van der Waals surface area contributed by atoms with Crippen LogP contribution in [0.3, 0.4) is 0 Å². The molecule has 1 unspecified atom stereocenters. The number of nitrogens with zero attached hydrogens (tertiary/aromatic N) is 2. The van der Waals surface area contributed by atoms with Crippen LogP contribution in [0.2, 0.25) is 0 Å². The second kappa shape index (κ2) is 9.95. The monoisotopic (exact) mass is 540 g/mol.